The quantitative estimate of drug-likeness (QED) is 0.426. The first kappa shape index (κ1) is 15.3. The lowest BCUT2D eigenvalue weighted by Crippen LogP contribution is -2.26. The van der Waals surface area contributed by atoms with Crippen LogP contribution in [-0.4, -0.2) is 47.7 Å². The van der Waals surface area contributed by atoms with Crippen LogP contribution in [0.2, 0.25) is 5.15 Å². The number of nitrogens with one attached hydrogen (secondary N) is 1. The Morgan fingerprint density at radius 1 is 1.47 bits per heavy atom. The maximum Gasteiger partial charge on any atom is 0.333 e. The van der Waals surface area contributed by atoms with E-state index in [9.17, 15) is 4.79 Å². The lowest BCUT2D eigenvalue weighted by Gasteiger charge is -2.08. The van der Waals surface area contributed by atoms with Crippen LogP contribution >= 0.6 is 11.6 Å². The molecule has 19 heavy (non-hydrogen) atoms. The number of rotatable bonds is 8. The van der Waals surface area contributed by atoms with E-state index in [0.717, 1.165) is 0 Å². The number of hydrogen-bond acceptors (Lipinski definition) is 7. The van der Waals surface area contributed by atoms with Gasteiger partial charge in [0.25, 0.3) is 0 Å². The molecule has 0 bridgehead atoms. The van der Waals surface area contributed by atoms with E-state index in [2.05, 4.69) is 27.3 Å². The molecule has 1 N–H and O–H groups in total. The lowest BCUT2D eigenvalue weighted by atomic mass is 10.4. The van der Waals surface area contributed by atoms with Crippen molar-refractivity contribution in [2.24, 2.45) is 0 Å². The van der Waals surface area contributed by atoms with Crippen LogP contribution in [0.25, 0.3) is 0 Å². The standard InChI is InChI=1S/C11H15ClN4O3/c1-8(2)11(17)19-6-4-13-3-5-18-9-7-14-16-15-10(9)12/h7,13H,1,3-6H2,2H3. The van der Waals surface area contributed by atoms with Crippen LogP contribution in [0.4, 0.5) is 0 Å². The van der Waals surface area contributed by atoms with Gasteiger partial charge in [-0.25, -0.2) is 4.79 Å². The molecule has 104 valence electrons. The van der Waals surface area contributed by atoms with E-state index in [-0.39, 0.29) is 11.8 Å². The molecule has 1 aromatic rings. The van der Waals surface area contributed by atoms with Crippen molar-refractivity contribution in [3.05, 3.63) is 23.5 Å². The van der Waals surface area contributed by atoms with Gasteiger partial charge in [0.15, 0.2) is 10.9 Å². The Morgan fingerprint density at radius 2 is 2.21 bits per heavy atom. The summed E-state index contributed by atoms with van der Waals surface area (Å²) >= 11 is 5.73. The van der Waals surface area contributed by atoms with Gasteiger partial charge in [-0.1, -0.05) is 18.2 Å². The van der Waals surface area contributed by atoms with Gasteiger partial charge in [0.05, 0.1) is 6.20 Å². The highest BCUT2D eigenvalue weighted by molar-refractivity contribution is 6.30. The molecule has 7 nitrogen and oxygen atoms in total. The predicted molar refractivity (Wildman–Crippen MR) is 69.0 cm³/mol. The minimum atomic E-state index is -0.390. The Morgan fingerprint density at radius 3 is 2.89 bits per heavy atom. The third kappa shape index (κ3) is 6.12. The van der Waals surface area contributed by atoms with Crippen LogP contribution in [0.1, 0.15) is 6.92 Å². The minimum absolute atomic E-state index is 0.172. The molecule has 0 amide bonds. The van der Waals surface area contributed by atoms with E-state index in [1.54, 1.807) is 6.92 Å². The highest BCUT2D eigenvalue weighted by Crippen LogP contribution is 2.17. The molecule has 1 heterocycles. The summed E-state index contributed by atoms with van der Waals surface area (Å²) in [4.78, 5) is 11.0. The first-order valence-corrected chi connectivity index (χ1v) is 5.99. The van der Waals surface area contributed by atoms with Gasteiger partial charge in [-0.2, -0.15) is 0 Å². The molecule has 0 saturated carbocycles. The van der Waals surface area contributed by atoms with Crippen molar-refractivity contribution in [3.63, 3.8) is 0 Å². The van der Waals surface area contributed by atoms with E-state index in [0.29, 0.717) is 31.0 Å². The molecular weight excluding hydrogens is 272 g/mol. The van der Waals surface area contributed by atoms with Gasteiger partial charge in [0, 0.05) is 18.7 Å². The van der Waals surface area contributed by atoms with Crippen molar-refractivity contribution in [1.29, 1.82) is 0 Å². The molecule has 0 fully saturated rings. The van der Waals surface area contributed by atoms with Crippen LogP contribution < -0.4 is 10.1 Å². The van der Waals surface area contributed by atoms with Crippen molar-refractivity contribution in [1.82, 2.24) is 20.7 Å². The van der Waals surface area contributed by atoms with Crippen LogP contribution in [0.15, 0.2) is 18.3 Å². The van der Waals surface area contributed by atoms with Gasteiger partial charge in [0.1, 0.15) is 13.2 Å². The molecule has 0 atom stereocenters. The highest BCUT2D eigenvalue weighted by atomic mass is 35.5. The number of hydrogen-bond donors (Lipinski definition) is 1. The van der Waals surface area contributed by atoms with Gasteiger partial charge in [0.2, 0.25) is 0 Å². The molecule has 0 aromatic carbocycles. The second-order valence-electron chi connectivity index (χ2n) is 3.60. The SMILES string of the molecule is C=C(C)C(=O)OCCNCCOc1cnnnc1Cl. The Bertz CT molecular complexity index is 442. The molecule has 0 aliphatic rings. The largest absolute Gasteiger partial charge is 0.487 e. The van der Waals surface area contributed by atoms with E-state index in [1.807, 2.05) is 0 Å². The summed E-state index contributed by atoms with van der Waals surface area (Å²) in [5.41, 5.74) is 0.385. The van der Waals surface area contributed by atoms with Crippen molar-refractivity contribution >= 4 is 17.6 Å². The Kier molecular flexibility index (Phi) is 6.76. The van der Waals surface area contributed by atoms with Crippen LogP contribution in [0.3, 0.4) is 0 Å². The normalized spacial score (nSPS) is 10.0. The van der Waals surface area contributed by atoms with Crippen molar-refractivity contribution in [2.75, 3.05) is 26.3 Å². The molecule has 1 aromatic heterocycles. The molecule has 0 aliphatic heterocycles. The lowest BCUT2D eigenvalue weighted by molar-refractivity contribution is -0.138. The van der Waals surface area contributed by atoms with Crippen molar-refractivity contribution < 1.29 is 14.3 Å². The summed E-state index contributed by atoms with van der Waals surface area (Å²) in [6, 6.07) is 0. The second-order valence-corrected chi connectivity index (χ2v) is 3.96. The molecule has 0 aliphatic carbocycles. The number of nitrogens with zero attached hydrogens (tertiary/aromatic N) is 3. The molecule has 0 unspecified atom stereocenters. The first-order chi connectivity index (χ1) is 9.11. The third-order valence-corrected chi connectivity index (χ3v) is 2.22. The summed E-state index contributed by atoms with van der Waals surface area (Å²) in [6.45, 7) is 6.86. The van der Waals surface area contributed by atoms with Crippen LogP contribution in [-0.2, 0) is 9.53 Å². The molecule has 0 saturated heterocycles. The summed E-state index contributed by atoms with van der Waals surface area (Å²) in [7, 11) is 0. The smallest absolute Gasteiger partial charge is 0.333 e. The molecule has 0 radical (unpaired) electrons. The van der Waals surface area contributed by atoms with E-state index >= 15 is 0 Å². The fourth-order valence-corrected chi connectivity index (χ4v) is 1.18. The van der Waals surface area contributed by atoms with Gasteiger partial charge in [-0.05, 0) is 12.1 Å². The number of halogens is 1. The van der Waals surface area contributed by atoms with Gasteiger partial charge in [-0.15, -0.1) is 10.2 Å². The van der Waals surface area contributed by atoms with Crippen LogP contribution in [0, 0.1) is 0 Å². The number of carbonyl (C=O) groups excluding carboxylic acids is 1. The summed E-state index contributed by atoms with van der Waals surface area (Å²) in [5, 5.41) is 13.7. The zero-order chi connectivity index (χ0) is 14.1. The molecular formula is C11H15ClN4O3. The Labute approximate surface area is 115 Å². The van der Waals surface area contributed by atoms with Gasteiger partial charge < -0.3 is 14.8 Å². The fraction of sp³-hybridized carbons (Fsp3) is 0.455. The average Bonchev–Trinajstić information content (AvgIpc) is 2.39. The second kappa shape index (κ2) is 8.39. The third-order valence-electron chi connectivity index (χ3n) is 1.96. The topological polar surface area (TPSA) is 86.2 Å². The molecule has 1 rings (SSSR count). The minimum Gasteiger partial charge on any atom is -0.487 e. The van der Waals surface area contributed by atoms with Gasteiger partial charge in [-0.3, -0.25) is 0 Å². The Hall–Kier alpha value is -1.73. The van der Waals surface area contributed by atoms with E-state index < -0.39 is 5.97 Å². The zero-order valence-electron chi connectivity index (χ0n) is 10.6. The number of aromatic nitrogens is 3. The zero-order valence-corrected chi connectivity index (χ0v) is 11.3. The van der Waals surface area contributed by atoms with Gasteiger partial charge >= 0.3 is 5.97 Å². The number of ether oxygens (including phenoxy) is 2. The molecule has 0 spiro atoms. The maximum absolute atomic E-state index is 11.0. The summed E-state index contributed by atoms with van der Waals surface area (Å²) < 4.78 is 10.2. The van der Waals surface area contributed by atoms with E-state index in [1.165, 1.54) is 6.20 Å². The monoisotopic (exact) mass is 286 g/mol. The highest BCUT2D eigenvalue weighted by Gasteiger charge is 2.03. The van der Waals surface area contributed by atoms with Crippen LogP contribution in [0.5, 0.6) is 5.75 Å². The fourth-order valence-electron chi connectivity index (χ4n) is 1.04. The van der Waals surface area contributed by atoms with Crippen molar-refractivity contribution in [2.45, 2.75) is 6.92 Å². The van der Waals surface area contributed by atoms with E-state index in [4.69, 9.17) is 21.1 Å². The maximum atomic E-state index is 11.0. The average molecular weight is 287 g/mol. The first-order valence-electron chi connectivity index (χ1n) is 5.61. The number of carbonyl (C=O) groups is 1. The summed E-state index contributed by atoms with van der Waals surface area (Å²) in [6.07, 6.45) is 1.39. The number of esters is 1. The predicted octanol–water partition coefficient (Wildman–Crippen LogP) is 0.613. The summed E-state index contributed by atoms with van der Waals surface area (Å²) in [5.74, 6) is -0.00839. The Balaban J connectivity index is 2.05. The van der Waals surface area contributed by atoms with Crippen molar-refractivity contribution in [3.8, 4) is 5.75 Å². The molecule has 8 heteroatoms.